The molecular weight excluding hydrogens is 222 g/mol. The lowest BCUT2D eigenvalue weighted by Crippen LogP contribution is -2.35. The summed E-state index contributed by atoms with van der Waals surface area (Å²) in [5.74, 6) is 5.06. The Bertz CT molecular complexity index is 247. The quantitative estimate of drug-likeness (QED) is 0.221. The average Bonchev–Trinajstić information content (AvgIpc) is 2.04. The van der Waals surface area contributed by atoms with Crippen LogP contribution in [0.2, 0.25) is 0 Å². The Morgan fingerprint density at radius 1 is 1.83 bits per heavy atom. The van der Waals surface area contributed by atoms with Crippen LogP contribution in [0.3, 0.4) is 0 Å². The summed E-state index contributed by atoms with van der Waals surface area (Å²) < 4.78 is 0. The molecule has 0 aromatic carbocycles. The summed E-state index contributed by atoms with van der Waals surface area (Å²) in [6, 6.07) is 0. The zero-order chi connectivity index (χ0) is 9.14. The maximum Gasteiger partial charge on any atom is 0.268 e. The minimum Gasteiger partial charge on any atom is -0.375 e. The molecule has 0 saturated heterocycles. The van der Waals surface area contributed by atoms with Gasteiger partial charge in [-0.2, -0.15) is 0 Å². The van der Waals surface area contributed by atoms with Crippen LogP contribution >= 0.6 is 15.9 Å². The molecule has 0 aromatic heterocycles. The second-order valence-corrected chi connectivity index (χ2v) is 3.43. The molecule has 0 spiro atoms. The van der Waals surface area contributed by atoms with E-state index in [1.165, 1.54) is 7.05 Å². The van der Waals surface area contributed by atoms with Crippen LogP contribution in [0.4, 0.5) is 0 Å². The number of nitrogens with one attached hydrogen (secondary N) is 1. The Balaban J connectivity index is 2.67. The van der Waals surface area contributed by atoms with E-state index in [2.05, 4.69) is 21.2 Å². The molecule has 1 unspecified atom stereocenters. The van der Waals surface area contributed by atoms with Gasteiger partial charge in [0.1, 0.15) is 4.95 Å². The fourth-order valence-corrected chi connectivity index (χ4v) is 1.08. The second-order valence-electron chi connectivity index (χ2n) is 2.44. The van der Waals surface area contributed by atoms with Crippen LogP contribution in [-0.2, 0) is 4.79 Å². The monoisotopic (exact) mass is 231 g/mol. The highest BCUT2D eigenvalue weighted by molar-refractivity contribution is 9.09. The first kappa shape index (κ1) is 9.28. The van der Waals surface area contributed by atoms with Crippen molar-refractivity contribution < 1.29 is 4.79 Å². The number of halogens is 1. The standard InChI is InChI=1S/C7H10BrN3O/c1-11(9)7(12)5-2-3-6(8)10-4-5/h2-4,6,10H,9H2,1H3. The minimum absolute atomic E-state index is 0.0946. The van der Waals surface area contributed by atoms with Gasteiger partial charge in [-0.3, -0.25) is 9.80 Å². The summed E-state index contributed by atoms with van der Waals surface area (Å²) in [4.78, 5) is 11.3. The first-order chi connectivity index (χ1) is 5.61. The number of hydrazine groups is 1. The van der Waals surface area contributed by atoms with Crippen LogP contribution in [0.25, 0.3) is 0 Å². The number of alkyl halides is 1. The molecule has 3 N–H and O–H groups in total. The van der Waals surface area contributed by atoms with E-state index in [0.29, 0.717) is 5.57 Å². The molecule has 5 heteroatoms. The van der Waals surface area contributed by atoms with Gasteiger partial charge in [-0.05, 0) is 6.08 Å². The summed E-state index contributed by atoms with van der Waals surface area (Å²) in [5.41, 5.74) is 0.552. The van der Waals surface area contributed by atoms with Crippen LogP contribution in [-0.4, -0.2) is 22.9 Å². The van der Waals surface area contributed by atoms with E-state index < -0.39 is 0 Å². The smallest absolute Gasteiger partial charge is 0.268 e. The SMILES string of the molecule is CN(N)C(=O)C1=CNC(Br)C=C1. The summed E-state index contributed by atoms with van der Waals surface area (Å²) in [6.07, 6.45) is 5.18. The number of hydrogen-bond acceptors (Lipinski definition) is 3. The minimum atomic E-state index is -0.210. The van der Waals surface area contributed by atoms with Crippen LogP contribution in [0.1, 0.15) is 0 Å². The fourth-order valence-electron chi connectivity index (χ4n) is 0.798. The summed E-state index contributed by atoms with van der Waals surface area (Å²) in [5, 5.41) is 3.98. The zero-order valence-electron chi connectivity index (χ0n) is 6.62. The highest BCUT2D eigenvalue weighted by Crippen LogP contribution is 2.08. The van der Waals surface area contributed by atoms with Crippen molar-refractivity contribution in [3.8, 4) is 0 Å². The van der Waals surface area contributed by atoms with E-state index in [0.717, 1.165) is 5.01 Å². The Kier molecular flexibility index (Phi) is 2.88. The van der Waals surface area contributed by atoms with Crippen molar-refractivity contribution in [1.29, 1.82) is 0 Å². The molecule has 1 rings (SSSR count). The predicted octanol–water partition coefficient (Wildman–Crippen LogP) is 0.0828. The number of dihydropyridines is 1. The van der Waals surface area contributed by atoms with E-state index in [4.69, 9.17) is 5.84 Å². The number of nitrogens with zero attached hydrogens (tertiary/aromatic N) is 1. The van der Waals surface area contributed by atoms with Crippen molar-refractivity contribution in [2.75, 3.05) is 7.05 Å². The maximum atomic E-state index is 11.2. The zero-order valence-corrected chi connectivity index (χ0v) is 8.21. The number of hydrogen-bond donors (Lipinski definition) is 2. The fraction of sp³-hybridized carbons (Fsp3) is 0.286. The highest BCUT2D eigenvalue weighted by atomic mass is 79.9. The molecule has 0 aliphatic carbocycles. The van der Waals surface area contributed by atoms with Crippen LogP contribution < -0.4 is 11.2 Å². The summed E-state index contributed by atoms with van der Waals surface area (Å²) in [6.45, 7) is 0. The second kappa shape index (κ2) is 3.73. The molecule has 1 amide bonds. The van der Waals surface area contributed by atoms with E-state index in [1.807, 2.05) is 6.08 Å². The third kappa shape index (κ3) is 2.09. The van der Waals surface area contributed by atoms with E-state index in [-0.39, 0.29) is 10.9 Å². The van der Waals surface area contributed by atoms with E-state index in [1.54, 1.807) is 12.3 Å². The van der Waals surface area contributed by atoms with E-state index >= 15 is 0 Å². The van der Waals surface area contributed by atoms with Gasteiger partial charge in [0.15, 0.2) is 0 Å². The lowest BCUT2D eigenvalue weighted by Gasteiger charge is -2.15. The third-order valence-corrected chi connectivity index (χ3v) is 1.98. The van der Waals surface area contributed by atoms with Crippen molar-refractivity contribution in [2.24, 2.45) is 5.84 Å². The average molecular weight is 232 g/mol. The van der Waals surface area contributed by atoms with Crippen molar-refractivity contribution >= 4 is 21.8 Å². The molecule has 4 nitrogen and oxygen atoms in total. The van der Waals surface area contributed by atoms with Gasteiger partial charge >= 0.3 is 0 Å². The van der Waals surface area contributed by atoms with Crippen molar-refractivity contribution in [1.82, 2.24) is 10.3 Å². The number of carbonyl (C=O) groups excluding carboxylic acids is 1. The molecule has 0 radical (unpaired) electrons. The van der Waals surface area contributed by atoms with Gasteiger partial charge in [0, 0.05) is 13.2 Å². The van der Waals surface area contributed by atoms with Crippen molar-refractivity contribution in [3.05, 3.63) is 23.9 Å². The number of likely N-dealkylation sites (N-methyl/N-ethyl adjacent to an activating group) is 1. The van der Waals surface area contributed by atoms with Crippen molar-refractivity contribution in [2.45, 2.75) is 4.95 Å². The topological polar surface area (TPSA) is 58.4 Å². The molecule has 0 fully saturated rings. The van der Waals surface area contributed by atoms with Gasteiger partial charge in [-0.25, -0.2) is 5.84 Å². The van der Waals surface area contributed by atoms with Gasteiger partial charge in [0.2, 0.25) is 0 Å². The van der Waals surface area contributed by atoms with Crippen LogP contribution in [0, 0.1) is 0 Å². The molecule has 0 saturated carbocycles. The largest absolute Gasteiger partial charge is 0.375 e. The van der Waals surface area contributed by atoms with E-state index in [9.17, 15) is 4.79 Å². The molecule has 1 aliphatic heterocycles. The lowest BCUT2D eigenvalue weighted by molar-refractivity contribution is -0.125. The van der Waals surface area contributed by atoms with Gasteiger partial charge in [-0.1, -0.05) is 22.0 Å². The molecule has 12 heavy (non-hydrogen) atoms. The summed E-state index contributed by atoms with van der Waals surface area (Å²) in [7, 11) is 1.51. The molecule has 0 aromatic rings. The third-order valence-electron chi connectivity index (χ3n) is 1.41. The first-order valence-electron chi connectivity index (χ1n) is 3.42. The Labute approximate surface area is 79.2 Å². The van der Waals surface area contributed by atoms with Crippen LogP contribution in [0.5, 0.6) is 0 Å². The number of rotatable bonds is 1. The number of carbonyl (C=O) groups is 1. The van der Waals surface area contributed by atoms with Gasteiger partial charge in [0.25, 0.3) is 5.91 Å². The Hall–Kier alpha value is -0.810. The predicted molar refractivity (Wildman–Crippen MR) is 50.0 cm³/mol. The Morgan fingerprint density at radius 2 is 2.50 bits per heavy atom. The summed E-state index contributed by atoms with van der Waals surface area (Å²) >= 11 is 3.30. The normalized spacial score (nSPS) is 21.2. The van der Waals surface area contributed by atoms with Crippen molar-refractivity contribution in [3.63, 3.8) is 0 Å². The number of nitrogens with two attached hydrogens (primary N) is 1. The molecule has 0 bridgehead atoms. The molecule has 1 heterocycles. The number of amides is 1. The lowest BCUT2D eigenvalue weighted by atomic mass is 10.2. The molecule has 66 valence electrons. The van der Waals surface area contributed by atoms with Crippen LogP contribution in [0.15, 0.2) is 23.9 Å². The highest BCUT2D eigenvalue weighted by Gasteiger charge is 2.12. The van der Waals surface area contributed by atoms with Gasteiger partial charge in [-0.15, -0.1) is 0 Å². The Morgan fingerprint density at radius 3 is 2.92 bits per heavy atom. The molecule has 1 atom stereocenters. The molecule has 1 aliphatic rings. The first-order valence-corrected chi connectivity index (χ1v) is 4.34. The molecular formula is C7H10BrN3O. The van der Waals surface area contributed by atoms with Gasteiger partial charge < -0.3 is 5.32 Å². The maximum absolute atomic E-state index is 11.2. The van der Waals surface area contributed by atoms with Gasteiger partial charge in [0.05, 0.1) is 5.57 Å².